The van der Waals surface area contributed by atoms with E-state index in [9.17, 15) is 17.6 Å². The molecule has 1 fully saturated rings. The first-order valence-corrected chi connectivity index (χ1v) is 10.0. The molecule has 5 nitrogen and oxygen atoms in total. The second-order valence-electron chi connectivity index (χ2n) is 6.26. The quantitative estimate of drug-likeness (QED) is 0.804. The summed E-state index contributed by atoms with van der Waals surface area (Å²) >= 11 is 0. The smallest absolute Gasteiger partial charge is 0.254 e. The topological polar surface area (TPSA) is 66.5 Å². The maximum atomic E-state index is 13.2. The fraction of sp³-hybridized carbons (Fsp3) is 0.250. The van der Waals surface area contributed by atoms with Gasteiger partial charge in [-0.3, -0.25) is 4.79 Å². The maximum absolute atomic E-state index is 13.2. The fourth-order valence-corrected chi connectivity index (χ4v) is 4.14. The van der Waals surface area contributed by atoms with Crippen molar-refractivity contribution in [3.63, 3.8) is 0 Å². The molecule has 3 rings (SSSR count). The minimum Gasteiger partial charge on any atom is -0.332 e. The van der Waals surface area contributed by atoms with E-state index in [1.165, 1.54) is 36.4 Å². The van der Waals surface area contributed by atoms with Crippen LogP contribution in [0.4, 0.5) is 4.39 Å². The van der Waals surface area contributed by atoms with Gasteiger partial charge in [0.15, 0.2) is 0 Å². The fourth-order valence-electron chi connectivity index (χ4n) is 3.20. The van der Waals surface area contributed by atoms with Crippen LogP contribution in [0.5, 0.6) is 0 Å². The SMILES string of the molecule is C#CCNS(=O)(=O)c1ccc(C(=O)N2CCCC2c2ccc(F)cc2)cc1. The molecule has 1 heterocycles. The number of hydrogen-bond acceptors (Lipinski definition) is 3. The summed E-state index contributed by atoms with van der Waals surface area (Å²) < 4.78 is 39.6. The number of nitrogens with zero attached hydrogens (tertiary/aromatic N) is 1. The van der Waals surface area contributed by atoms with Crippen molar-refractivity contribution < 1.29 is 17.6 Å². The van der Waals surface area contributed by atoms with Crippen LogP contribution in [0, 0.1) is 18.2 Å². The number of hydrogen-bond donors (Lipinski definition) is 1. The van der Waals surface area contributed by atoms with Crippen LogP contribution in [0.15, 0.2) is 53.4 Å². The monoisotopic (exact) mass is 386 g/mol. The molecule has 1 unspecified atom stereocenters. The van der Waals surface area contributed by atoms with E-state index >= 15 is 0 Å². The van der Waals surface area contributed by atoms with Crippen LogP contribution in [0.1, 0.15) is 34.8 Å². The lowest BCUT2D eigenvalue weighted by molar-refractivity contribution is 0.0735. The summed E-state index contributed by atoms with van der Waals surface area (Å²) in [5.74, 6) is 1.72. The summed E-state index contributed by atoms with van der Waals surface area (Å²) in [4.78, 5) is 14.7. The van der Waals surface area contributed by atoms with Crippen LogP contribution >= 0.6 is 0 Å². The average Bonchev–Trinajstić information content (AvgIpc) is 3.16. The number of halogens is 1. The van der Waals surface area contributed by atoms with Crippen LogP contribution in [0.25, 0.3) is 0 Å². The average molecular weight is 386 g/mol. The predicted octanol–water partition coefficient (Wildman–Crippen LogP) is 2.71. The first kappa shape index (κ1) is 19.1. The molecule has 1 N–H and O–H groups in total. The van der Waals surface area contributed by atoms with Gasteiger partial charge in [-0.1, -0.05) is 18.1 Å². The lowest BCUT2D eigenvalue weighted by Crippen LogP contribution is -2.30. The van der Waals surface area contributed by atoms with E-state index < -0.39 is 10.0 Å². The second-order valence-corrected chi connectivity index (χ2v) is 8.03. The predicted molar refractivity (Wildman–Crippen MR) is 99.9 cm³/mol. The summed E-state index contributed by atoms with van der Waals surface area (Å²) in [5, 5.41) is 0. The van der Waals surface area contributed by atoms with Gasteiger partial charge in [-0.25, -0.2) is 12.8 Å². The molecule has 0 aliphatic carbocycles. The van der Waals surface area contributed by atoms with Crippen molar-refractivity contribution in [2.75, 3.05) is 13.1 Å². The largest absolute Gasteiger partial charge is 0.332 e. The van der Waals surface area contributed by atoms with E-state index in [-0.39, 0.29) is 29.2 Å². The highest BCUT2D eigenvalue weighted by atomic mass is 32.2. The van der Waals surface area contributed by atoms with Gasteiger partial charge < -0.3 is 4.90 Å². The number of carbonyl (C=O) groups is 1. The molecular formula is C20H19FN2O3S. The third-order valence-electron chi connectivity index (χ3n) is 4.54. The zero-order chi connectivity index (χ0) is 19.4. The zero-order valence-corrected chi connectivity index (χ0v) is 15.4. The molecule has 27 heavy (non-hydrogen) atoms. The van der Waals surface area contributed by atoms with Gasteiger partial charge in [-0.05, 0) is 54.8 Å². The van der Waals surface area contributed by atoms with Crippen molar-refractivity contribution in [3.05, 3.63) is 65.5 Å². The minimum atomic E-state index is -3.69. The molecule has 7 heteroatoms. The molecular weight excluding hydrogens is 367 g/mol. The van der Waals surface area contributed by atoms with Gasteiger partial charge >= 0.3 is 0 Å². The molecule has 140 valence electrons. The molecule has 2 aromatic carbocycles. The molecule has 0 spiro atoms. The number of amides is 1. The van der Waals surface area contributed by atoms with Crippen molar-refractivity contribution >= 4 is 15.9 Å². The van der Waals surface area contributed by atoms with Crippen molar-refractivity contribution in [1.82, 2.24) is 9.62 Å². The van der Waals surface area contributed by atoms with E-state index in [4.69, 9.17) is 6.42 Å². The number of terminal acetylenes is 1. The third-order valence-corrected chi connectivity index (χ3v) is 5.96. The number of carbonyl (C=O) groups excluding carboxylic acids is 1. The highest BCUT2D eigenvalue weighted by molar-refractivity contribution is 7.89. The van der Waals surface area contributed by atoms with Crippen LogP contribution in [0.2, 0.25) is 0 Å². The van der Waals surface area contributed by atoms with Gasteiger partial charge in [0.05, 0.1) is 17.5 Å². The highest BCUT2D eigenvalue weighted by Gasteiger charge is 2.30. The van der Waals surface area contributed by atoms with Gasteiger partial charge in [-0.2, -0.15) is 4.72 Å². The zero-order valence-electron chi connectivity index (χ0n) is 14.6. The van der Waals surface area contributed by atoms with Crippen molar-refractivity contribution in [2.24, 2.45) is 0 Å². The number of sulfonamides is 1. The van der Waals surface area contributed by atoms with Crippen LogP contribution in [-0.4, -0.2) is 32.3 Å². The molecule has 1 saturated heterocycles. The molecule has 0 bridgehead atoms. The Morgan fingerprint density at radius 2 is 1.85 bits per heavy atom. The summed E-state index contributed by atoms with van der Waals surface area (Å²) in [6.45, 7) is 0.501. The number of nitrogens with one attached hydrogen (secondary N) is 1. The van der Waals surface area contributed by atoms with E-state index in [1.54, 1.807) is 17.0 Å². The van der Waals surface area contributed by atoms with E-state index in [0.717, 1.165) is 18.4 Å². The first-order chi connectivity index (χ1) is 12.9. The Balaban J connectivity index is 1.79. The Morgan fingerprint density at radius 1 is 1.19 bits per heavy atom. The van der Waals surface area contributed by atoms with Crippen molar-refractivity contribution in [3.8, 4) is 12.3 Å². The molecule has 1 aliphatic rings. The lowest BCUT2D eigenvalue weighted by atomic mass is 10.0. The van der Waals surface area contributed by atoms with E-state index in [0.29, 0.717) is 12.1 Å². The van der Waals surface area contributed by atoms with Gasteiger partial charge in [0.1, 0.15) is 5.82 Å². The van der Waals surface area contributed by atoms with Gasteiger partial charge in [0.2, 0.25) is 10.0 Å². The maximum Gasteiger partial charge on any atom is 0.254 e. The lowest BCUT2D eigenvalue weighted by Gasteiger charge is -2.25. The summed E-state index contributed by atoms with van der Waals surface area (Å²) in [6.07, 6.45) is 6.73. The minimum absolute atomic E-state index is 0.0470. The Morgan fingerprint density at radius 3 is 2.48 bits per heavy atom. The number of rotatable bonds is 5. The molecule has 1 amide bonds. The van der Waals surface area contributed by atoms with Crippen molar-refractivity contribution in [1.29, 1.82) is 0 Å². The molecule has 1 atom stereocenters. The van der Waals surface area contributed by atoms with Crippen LogP contribution in [0.3, 0.4) is 0 Å². The van der Waals surface area contributed by atoms with Crippen LogP contribution < -0.4 is 4.72 Å². The first-order valence-electron chi connectivity index (χ1n) is 8.52. The van der Waals surface area contributed by atoms with Crippen LogP contribution in [-0.2, 0) is 10.0 Å². The number of likely N-dealkylation sites (tertiary alicyclic amines) is 1. The Hall–Kier alpha value is -2.69. The molecule has 0 saturated carbocycles. The molecule has 0 aromatic heterocycles. The van der Waals surface area contributed by atoms with Gasteiger partial charge in [-0.15, -0.1) is 6.42 Å². The van der Waals surface area contributed by atoms with Crippen molar-refractivity contribution in [2.45, 2.75) is 23.8 Å². The molecule has 1 aliphatic heterocycles. The highest BCUT2D eigenvalue weighted by Crippen LogP contribution is 2.33. The van der Waals surface area contributed by atoms with Gasteiger partial charge in [0, 0.05) is 12.1 Å². The summed E-state index contributed by atoms with van der Waals surface area (Å²) in [6, 6.07) is 11.8. The number of benzene rings is 2. The van der Waals surface area contributed by atoms with Gasteiger partial charge in [0.25, 0.3) is 5.91 Å². The standard InChI is InChI=1S/C20H19FN2O3S/c1-2-13-22-27(25,26)18-11-7-16(8-12-18)20(24)23-14-3-4-19(23)15-5-9-17(21)10-6-15/h1,5-12,19,22H,3-4,13-14H2. The Labute approximate surface area is 158 Å². The molecule has 0 radical (unpaired) electrons. The summed E-state index contributed by atoms with van der Waals surface area (Å²) in [5.41, 5.74) is 1.29. The van der Waals surface area contributed by atoms with E-state index in [2.05, 4.69) is 10.6 Å². The Bertz CT molecular complexity index is 964. The molecule has 2 aromatic rings. The third kappa shape index (κ3) is 4.18. The normalized spacial score (nSPS) is 16.9. The summed E-state index contributed by atoms with van der Waals surface area (Å²) in [7, 11) is -3.69. The van der Waals surface area contributed by atoms with E-state index in [1.807, 2.05) is 0 Å². The Kier molecular flexibility index (Phi) is 5.59. The second kappa shape index (κ2) is 7.91.